The van der Waals surface area contributed by atoms with Gasteiger partial charge in [-0.15, -0.1) is 0 Å². The van der Waals surface area contributed by atoms with Crippen LogP contribution >= 0.6 is 0 Å². The van der Waals surface area contributed by atoms with Gasteiger partial charge < -0.3 is 9.13 Å². The van der Waals surface area contributed by atoms with E-state index in [1.807, 2.05) is 0 Å². The largest absolute Gasteiger partial charge is 0.309 e. The maximum Gasteiger partial charge on any atom is 0.0713 e. The molecule has 2 heteroatoms. The molecule has 0 saturated carbocycles. The molecular formula is C61H40N2. The van der Waals surface area contributed by atoms with Crippen LogP contribution in [-0.2, 0) is 5.41 Å². The third-order valence-electron chi connectivity index (χ3n) is 13.6. The van der Waals surface area contributed by atoms with Crippen LogP contribution in [0.5, 0.6) is 0 Å². The van der Waals surface area contributed by atoms with E-state index in [4.69, 9.17) is 0 Å². The molecule has 2 heterocycles. The zero-order chi connectivity index (χ0) is 41.5. The lowest BCUT2D eigenvalue weighted by Gasteiger charge is -2.33. The minimum absolute atomic E-state index is 0.423. The van der Waals surface area contributed by atoms with Crippen LogP contribution in [0.1, 0.15) is 22.3 Å². The number of hydrogen-bond acceptors (Lipinski definition) is 0. The SMILES string of the molecule is c1ccc(-n2c3ccccc3c3cc(-c4ccc(-c5ccc6c(c5)c5ccccc5n6-c5ccc6c(c5)-c5ccccc5C6(c5ccccc5)c5ccccc5)cc4)ccc32)cc1. The molecule has 0 N–H and O–H groups in total. The lowest BCUT2D eigenvalue weighted by Crippen LogP contribution is -2.28. The first kappa shape index (κ1) is 35.5. The van der Waals surface area contributed by atoms with Crippen LogP contribution in [0.4, 0.5) is 0 Å². The monoisotopic (exact) mass is 800 g/mol. The van der Waals surface area contributed by atoms with Crippen LogP contribution < -0.4 is 0 Å². The molecule has 294 valence electrons. The van der Waals surface area contributed by atoms with Gasteiger partial charge in [-0.1, -0.05) is 182 Å². The van der Waals surface area contributed by atoms with Crippen molar-refractivity contribution in [3.63, 3.8) is 0 Å². The van der Waals surface area contributed by atoms with E-state index in [1.54, 1.807) is 0 Å². The van der Waals surface area contributed by atoms with E-state index in [9.17, 15) is 0 Å². The van der Waals surface area contributed by atoms with Crippen LogP contribution in [0.25, 0.3) is 88.4 Å². The summed E-state index contributed by atoms with van der Waals surface area (Å²) in [5.41, 5.74) is 19.3. The van der Waals surface area contributed by atoms with Crippen molar-refractivity contribution in [3.05, 3.63) is 265 Å². The molecule has 0 aliphatic heterocycles. The molecular weight excluding hydrogens is 761 g/mol. The normalized spacial score (nSPS) is 12.9. The molecule has 2 aromatic heterocycles. The quantitative estimate of drug-likeness (QED) is 0.159. The fraction of sp³-hybridized carbons (Fsp3) is 0.0164. The van der Waals surface area contributed by atoms with E-state index in [1.165, 1.54) is 105 Å². The molecule has 0 radical (unpaired) electrons. The summed E-state index contributed by atoms with van der Waals surface area (Å²) in [6.45, 7) is 0. The second-order valence-electron chi connectivity index (χ2n) is 16.8. The van der Waals surface area contributed by atoms with E-state index in [0.29, 0.717) is 0 Å². The van der Waals surface area contributed by atoms with Crippen molar-refractivity contribution in [1.29, 1.82) is 0 Å². The fourth-order valence-electron chi connectivity index (χ4n) is 10.9. The molecule has 63 heavy (non-hydrogen) atoms. The molecule has 1 aliphatic rings. The summed E-state index contributed by atoms with van der Waals surface area (Å²) in [5.74, 6) is 0. The Kier molecular flexibility index (Phi) is 7.85. The van der Waals surface area contributed by atoms with Gasteiger partial charge in [0.05, 0.1) is 27.5 Å². The van der Waals surface area contributed by atoms with Gasteiger partial charge in [-0.05, 0) is 116 Å². The maximum atomic E-state index is 2.45. The Balaban J connectivity index is 0.907. The zero-order valence-electron chi connectivity index (χ0n) is 34.5. The smallest absolute Gasteiger partial charge is 0.0713 e. The highest BCUT2D eigenvalue weighted by atomic mass is 15.0. The average molecular weight is 801 g/mol. The minimum Gasteiger partial charge on any atom is -0.309 e. The molecule has 0 saturated heterocycles. The molecule has 0 bridgehead atoms. The molecule has 0 unspecified atom stereocenters. The summed E-state index contributed by atoms with van der Waals surface area (Å²) >= 11 is 0. The molecule has 0 atom stereocenters. The highest BCUT2D eigenvalue weighted by Crippen LogP contribution is 2.56. The van der Waals surface area contributed by atoms with Crippen molar-refractivity contribution < 1.29 is 0 Å². The van der Waals surface area contributed by atoms with Gasteiger partial charge in [0, 0.05) is 32.9 Å². The van der Waals surface area contributed by atoms with Gasteiger partial charge in [0.25, 0.3) is 0 Å². The Hall–Kier alpha value is -8.20. The predicted octanol–water partition coefficient (Wildman–Crippen LogP) is 15.6. The fourth-order valence-corrected chi connectivity index (χ4v) is 10.9. The van der Waals surface area contributed by atoms with Crippen molar-refractivity contribution in [2.75, 3.05) is 0 Å². The van der Waals surface area contributed by atoms with Crippen molar-refractivity contribution >= 4 is 43.6 Å². The van der Waals surface area contributed by atoms with Crippen LogP contribution in [0.2, 0.25) is 0 Å². The predicted molar refractivity (Wildman–Crippen MR) is 263 cm³/mol. The number of nitrogens with zero attached hydrogens (tertiary/aromatic N) is 2. The number of benzene rings is 10. The summed E-state index contributed by atoms with van der Waals surface area (Å²) in [4.78, 5) is 0. The standard InChI is InChI=1S/C61H40N2/c1-4-16-45(17-5-1)61(46-18-6-2-7-19-46)55-25-13-10-22-49(55)52-40-48(34-35-56(52)61)63-58-27-15-12-24-51(58)54-39-44(33-37-60(54)63)42-30-28-41(29-31-42)43-32-36-59-53(38-43)50-23-11-14-26-57(50)62(59)47-20-8-3-9-21-47/h1-40H. The van der Waals surface area contributed by atoms with Crippen molar-refractivity contribution in [2.45, 2.75) is 5.41 Å². The third-order valence-corrected chi connectivity index (χ3v) is 13.6. The second kappa shape index (κ2) is 13.9. The lowest BCUT2D eigenvalue weighted by atomic mass is 9.68. The van der Waals surface area contributed by atoms with E-state index < -0.39 is 5.41 Å². The van der Waals surface area contributed by atoms with Gasteiger partial charge in [-0.3, -0.25) is 0 Å². The van der Waals surface area contributed by atoms with Gasteiger partial charge in [-0.2, -0.15) is 0 Å². The highest BCUT2D eigenvalue weighted by molar-refractivity contribution is 6.12. The van der Waals surface area contributed by atoms with Crippen LogP contribution in [0.3, 0.4) is 0 Å². The van der Waals surface area contributed by atoms with E-state index >= 15 is 0 Å². The van der Waals surface area contributed by atoms with Crippen molar-refractivity contribution in [3.8, 4) is 44.8 Å². The number of rotatable bonds is 6. The Morgan fingerprint density at radius 1 is 0.254 bits per heavy atom. The second-order valence-corrected chi connectivity index (χ2v) is 16.8. The molecule has 0 fully saturated rings. The Bertz CT molecular complexity index is 3670. The molecule has 12 aromatic rings. The maximum absolute atomic E-state index is 2.45. The van der Waals surface area contributed by atoms with Crippen molar-refractivity contribution in [2.24, 2.45) is 0 Å². The first-order chi connectivity index (χ1) is 31.3. The molecule has 0 amide bonds. The summed E-state index contributed by atoms with van der Waals surface area (Å²) in [5, 5.41) is 5.02. The first-order valence-electron chi connectivity index (χ1n) is 21.8. The Morgan fingerprint density at radius 3 is 1.25 bits per heavy atom. The number of fused-ring (bicyclic) bond motifs is 9. The van der Waals surface area contributed by atoms with Gasteiger partial charge in [-0.25, -0.2) is 0 Å². The zero-order valence-corrected chi connectivity index (χ0v) is 34.5. The van der Waals surface area contributed by atoms with E-state index in [2.05, 4.69) is 252 Å². The molecule has 2 nitrogen and oxygen atoms in total. The van der Waals surface area contributed by atoms with Crippen LogP contribution in [0.15, 0.2) is 243 Å². The summed E-state index contributed by atoms with van der Waals surface area (Å²) in [6.07, 6.45) is 0. The lowest BCUT2D eigenvalue weighted by molar-refractivity contribution is 0.768. The minimum atomic E-state index is -0.423. The van der Waals surface area contributed by atoms with Gasteiger partial charge in [0.1, 0.15) is 0 Å². The molecule has 13 rings (SSSR count). The number of aromatic nitrogens is 2. The van der Waals surface area contributed by atoms with Gasteiger partial charge in [0.15, 0.2) is 0 Å². The number of para-hydroxylation sites is 3. The van der Waals surface area contributed by atoms with Crippen LogP contribution in [-0.4, -0.2) is 9.13 Å². The molecule has 10 aromatic carbocycles. The third kappa shape index (κ3) is 5.25. The summed E-state index contributed by atoms with van der Waals surface area (Å²) in [6, 6.07) is 89.4. The highest BCUT2D eigenvalue weighted by Gasteiger charge is 2.46. The Morgan fingerprint density at radius 2 is 0.683 bits per heavy atom. The van der Waals surface area contributed by atoms with Crippen LogP contribution in [0, 0.1) is 0 Å². The average Bonchev–Trinajstić information content (AvgIpc) is 3.98. The summed E-state index contributed by atoms with van der Waals surface area (Å²) in [7, 11) is 0. The first-order valence-corrected chi connectivity index (χ1v) is 21.8. The van der Waals surface area contributed by atoms with E-state index in [0.717, 1.165) is 5.69 Å². The van der Waals surface area contributed by atoms with Gasteiger partial charge >= 0.3 is 0 Å². The molecule has 1 aliphatic carbocycles. The van der Waals surface area contributed by atoms with E-state index in [-0.39, 0.29) is 0 Å². The topological polar surface area (TPSA) is 9.86 Å². The van der Waals surface area contributed by atoms with Gasteiger partial charge in [0.2, 0.25) is 0 Å². The summed E-state index contributed by atoms with van der Waals surface area (Å²) < 4.78 is 4.83. The molecule has 0 spiro atoms. The van der Waals surface area contributed by atoms with Crippen molar-refractivity contribution in [1.82, 2.24) is 9.13 Å². The number of hydrogen-bond donors (Lipinski definition) is 0. The Labute approximate surface area is 366 Å².